The lowest BCUT2D eigenvalue weighted by molar-refractivity contribution is 0.0823. The van der Waals surface area contributed by atoms with Gasteiger partial charge in [-0.1, -0.05) is 19.8 Å². The van der Waals surface area contributed by atoms with Crippen molar-refractivity contribution in [1.29, 1.82) is 0 Å². The Bertz CT molecular complexity index is 708. The van der Waals surface area contributed by atoms with Crippen LogP contribution in [0.2, 0.25) is 0 Å². The zero-order valence-corrected chi connectivity index (χ0v) is 12.3. The minimum atomic E-state index is -0.257. The molecule has 0 spiro atoms. The molecule has 0 unspecified atom stereocenters. The topological polar surface area (TPSA) is 65.7 Å². The number of aromatic amines is 2. The van der Waals surface area contributed by atoms with Gasteiger partial charge in [0.2, 0.25) is 0 Å². The molecule has 0 bridgehead atoms. The van der Waals surface area contributed by atoms with E-state index in [1.807, 2.05) is 6.92 Å². The maximum absolute atomic E-state index is 12.7. The highest BCUT2D eigenvalue weighted by Crippen LogP contribution is 2.41. The van der Waals surface area contributed by atoms with Crippen molar-refractivity contribution < 1.29 is 4.79 Å². The molecule has 0 amide bonds. The van der Waals surface area contributed by atoms with Gasteiger partial charge in [0.1, 0.15) is 0 Å². The van der Waals surface area contributed by atoms with Gasteiger partial charge in [-0.05, 0) is 40.9 Å². The van der Waals surface area contributed by atoms with Crippen molar-refractivity contribution in [2.45, 2.75) is 32.6 Å². The van der Waals surface area contributed by atoms with Gasteiger partial charge in [-0.15, -0.1) is 0 Å². The second kappa shape index (κ2) is 4.34. The molecule has 4 nitrogen and oxygen atoms in total. The Morgan fingerprint density at radius 3 is 2.42 bits per heavy atom. The zero-order valence-electron chi connectivity index (χ0n) is 10.7. The van der Waals surface area contributed by atoms with E-state index in [1.54, 1.807) is 12.1 Å². The predicted octanol–water partition coefficient (Wildman–Crippen LogP) is 3.38. The monoisotopic (exact) mass is 322 g/mol. The summed E-state index contributed by atoms with van der Waals surface area (Å²) in [4.78, 5) is 29.4. The van der Waals surface area contributed by atoms with Gasteiger partial charge in [-0.2, -0.15) is 0 Å². The number of hydrogen-bond donors (Lipinski definition) is 2. The van der Waals surface area contributed by atoms with E-state index in [9.17, 15) is 9.59 Å². The van der Waals surface area contributed by atoms with Gasteiger partial charge in [-0.25, -0.2) is 4.79 Å². The second-order valence-electron chi connectivity index (χ2n) is 5.55. The van der Waals surface area contributed by atoms with Crippen LogP contribution < -0.4 is 5.69 Å². The summed E-state index contributed by atoms with van der Waals surface area (Å²) in [5.74, 6) is 0.167. The maximum Gasteiger partial charge on any atom is 0.323 e. The molecule has 0 saturated heterocycles. The van der Waals surface area contributed by atoms with Crippen molar-refractivity contribution in [2.75, 3.05) is 0 Å². The molecule has 1 aliphatic carbocycles. The Morgan fingerprint density at radius 1 is 1.21 bits per heavy atom. The van der Waals surface area contributed by atoms with Crippen molar-refractivity contribution in [3.05, 3.63) is 32.7 Å². The molecule has 1 saturated carbocycles. The fourth-order valence-electron chi connectivity index (χ4n) is 2.94. The van der Waals surface area contributed by atoms with Gasteiger partial charge in [0.15, 0.2) is 5.78 Å². The predicted molar refractivity (Wildman–Crippen MR) is 77.5 cm³/mol. The highest BCUT2D eigenvalue weighted by molar-refractivity contribution is 9.10. The number of hydrogen-bond acceptors (Lipinski definition) is 2. The van der Waals surface area contributed by atoms with E-state index in [4.69, 9.17) is 0 Å². The molecule has 5 heteroatoms. The lowest BCUT2D eigenvalue weighted by atomic mass is 9.81. The molecule has 0 aliphatic heterocycles. The van der Waals surface area contributed by atoms with E-state index >= 15 is 0 Å². The highest BCUT2D eigenvalue weighted by atomic mass is 79.9. The molecule has 2 N–H and O–H groups in total. The first kappa shape index (κ1) is 12.7. The molecule has 1 aromatic heterocycles. The first-order chi connectivity index (χ1) is 8.99. The van der Waals surface area contributed by atoms with Gasteiger partial charge >= 0.3 is 5.69 Å². The molecule has 2 aromatic rings. The van der Waals surface area contributed by atoms with Crippen LogP contribution in [-0.4, -0.2) is 15.8 Å². The molecule has 1 heterocycles. The van der Waals surface area contributed by atoms with Crippen molar-refractivity contribution in [3.8, 4) is 0 Å². The van der Waals surface area contributed by atoms with Gasteiger partial charge in [0.05, 0.1) is 11.0 Å². The smallest absolute Gasteiger partial charge is 0.306 e. The minimum Gasteiger partial charge on any atom is -0.306 e. The van der Waals surface area contributed by atoms with E-state index < -0.39 is 0 Å². The number of nitrogens with one attached hydrogen (secondary N) is 2. The van der Waals surface area contributed by atoms with E-state index in [0.717, 1.165) is 30.2 Å². The van der Waals surface area contributed by atoms with Crippen LogP contribution >= 0.6 is 15.9 Å². The normalized spacial score (nSPS) is 18.0. The molecule has 0 atom stereocenters. The van der Waals surface area contributed by atoms with Crippen LogP contribution in [0.3, 0.4) is 0 Å². The number of rotatable bonds is 2. The standard InChI is InChI=1S/C14H15BrN2O2/c1-14(4-2-3-5-14)12(18)8-6-10-11(7-9(8)15)17-13(19)16-10/h6-7H,2-5H2,1H3,(H2,16,17,19). The number of aromatic nitrogens is 2. The van der Waals surface area contributed by atoms with Crippen LogP contribution in [0.1, 0.15) is 43.0 Å². The lowest BCUT2D eigenvalue weighted by Crippen LogP contribution is -2.24. The fourth-order valence-corrected chi connectivity index (χ4v) is 3.46. The summed E-state index contributed by atoms with van der Waals surface area (Å²) < 4.78 is 0.744. The second-order valence-corrected chi connectivity index (χ2v) is 6.41. The number of ketones is 1. The van der Waals surface area contributed by atoms with Crippen molar-refractivity contribution >= 4 is 32.7 Å². The molecule has 100 valence electrons. The van der Waals surface area contributed by atoms with Crippen LogP contribution in [0.15, 0.2) is 21.4 Å². The quantitative estimate of drug-likeness (QED) is 0.832. The summed E-state index contributed by atoms with van der Waals surface area (Å²) in [7, 11) is 0. The number of halogens is 1. The van der Waals surface area contributed by atoms with E-state index in [-0.39, 0.29) is 16.9 Å². The number of fused-ring (bicyclic) bond motifs is 1. The first-order valence-corrected chi connectivity index (χ1v) is 7.25. The van der Waals surface area contributed by atoms with Gasteiger partial charge in [0, 0.05) is 15.5 Å². The van der Waals surface area contributed by atoms with E-state index in [0.29, 0.717) is 16.6 Å². The van der Waals surface area contributed by atoms with Crippen LogP contribution in [0, 0.1) is 5.41 Å². The van der Waals surface area contributed by atoms with Crippen molar-refractivity contribution in [2.24, 2.45) is 5.41 Å². The Balaban J connectivity index is 2.11. The number of H-pyrrole nitrogens is 2. The molecule has 1 aliphatic rings. The van der Waals surface area contributed by atoms with Crippen molar-refractivity contribution in [3.63, 3.8) is 0 Å². The third-order valence-corrected chi connectivity index (χ3v) is 4.76. The van der Waals surface area contributed by atoms with Gasteiger partial charge < -0.3 is 9.97 Å². The molecule has 0 radical (unpaired) electrons. The minimum absolute atomic E-state index is 0.167. The summed E-state index contributed by atoms with van der Waals surface area (Å²) in [6.07, 6.45) is 4.12. The molecule has 1 aromatic carbocycles. The Morgan fingerprint density at radius 2 is 1.79 bits per heavy atom. The third-order valence-electron chi connectivity index (χ3n) is 4.10. The largest absolute Gasteiger partial charge is 0.323 e. The summed E-state index contributed by atoms with van der Waals surface area (Å²) in [6.45, 7) is 2.04. The number of imidazole rings is 1. The SMILES string of the molecule is CC1(C(=O)c2cc3[nH]c(=O)[nH]c3cc2Br)CCCC1. The van der Waals surface area contributed by atoms with Crippen LogP contribution in [0.4, 0.5) is 0 Å². The first-order valence-electron chi connectivity index (χ1n) is 6.46. The van der Waals surface area contributed by atoms with Crippen LogP contribution in [0.5, 0.6) is 0 Å². The molecule has 1 fully saturated rings. The summed E-state index contributed by atoms with van der Waals surface area (Å²) in [5.41, 5.74) is 1.54. The Kier molecular flexibility index (Phi) is 2.89. The van der Waals surface area contributed by atoms with E-state index in [1.165, 1.54) is 0 Å². The Hall–Kier alpha value is -1.36. The number of Topliss-reactive ketones (excluding diaryl/α,β-unsaturated/α-hetero) is 1. The average Bonchev–Trinajstić information content (AvgIpc) is 2.93. The van der Waals surface area contributed by atoms with Crippen molar-refractivity contribution in [1.82, 2.24) is 9.97 Å². The molecular weight excluding hydrogens is 308 g/mol. The molecule has 19 heavy (non-hydrogen) atoms. The number of benzene rings is 1. The summed E-state index contributed by atoms with van der Waals surface area (Å²) in [6, 6.07) is 3.56. The van der Waals surface area contributed by atoms with Crippen LogP contribution in [0.25, 0.3) is 11.0 Å². The highest BCUT2D eigenvalue weighted by Gasteiger charge is 2.37. The molecule has 3 rings (SSSR count). The lowest BCUT2D eigenvalue weighted by Gasteiger charge is -2.22. The molecular formula is C14H15BrN2O2. The fraction of sp³-hybridized carbons (Fsp3) is 0.429. The average molecular weight is 323 g/mol. The van der Waals surface area contributed by atoms with Crippen LogP contribution in [-0.2, 0) is 0 Å². The number of carbonyl (C=O) groups is 1. The number of carbonyl (C=O) groups excluding carboxylic acids is 1. The maximum atomic E-state index is 12.7. The Labute approximate surface area is 118 Å². The zero-order chi connectivity index (χ0) is 13.6. The summed E-state index contributed by atoms with van der Waals surface area (Å²) >= 11 is 3.44. The van der Waals surface area contributed by atoms with Gasteiger partial charge in [-0.3, -0.25) is 4.79 Å². The van der Waals surface area contributed by atoms with Gasteiger partial charge in [0.25, 0.3) is 0 Å². The third kappa shape index (κ3) is 2.06. The van der Waals surface area contributed by atoms with E-state index in [2.05, 4.69) is 25.9 Å². The summed E-state index contributed by atoms with van der Waals surface area (Å²) in [5, 5.41) is 0.